The van der Waals surface area contributed by atoms with Crippen molar-refractivity contribution in [3.8, 4) is 0 Å². The minimum absolute atomic E-state index is 1.19. The van der Waals surface area contributed by atoms with Crippen molar-refractivity contribution in [3.05, 3.63) is 42.0 Å². The standard InChI is InChI=1S/C11H13I/c12-10-6-2-5-9-11-7-3-1-4-8-11/h1,3-5,7-9H,2,6,10H2/b9-5+. The Hall–Kier alpha value is -0.310. The molecule has 0 bridgehead atoms. The van der Waals surface area contributed by atoms with Crippen LogP contribution < -0.4 is 0 Å². The maximum absolute atomic E-state index is 2.41. The van der Waals surface area contributed by atoms with Gasteiger partial charge in [-0.25, -0.2) is 0 Å². The molecule has 1 aromatic carbocycles. The van der Waals surface area contributed by atoms with Gasteiger partial charge in [0.2, 0.25) is 0 Å². The fourth-order valence-corrected chi connectivity index (χ4v) is 1.42. The molecule has 0 aliphatic heterocycles. The van der Waals surface area contributed by atoms with Gasteiger partial charge >= 0.3 is 0 Å². The number of allylic oxidation sites excluding steroid dienone is 1. The van der Waals surface area contributed by atoms with Gasteiger partial charge in [0.25, 0.3) is 0 Å². The molecule has 0 aliphatic carbocycles. The van der Waals surface area contributed by atoms with Crippen LogP contribution in [0.15, 0.2) is 36.4 Å². The van der Waals surface area contributed by atoms with Gasteiger partial charge in [0.1, 0.15) is 0 Å². The zero-order chi connectivity index (χ0) is 8.65. The van der Waals surface area contributed by atoms with Crippen molar-refractivity contribution in [2.24, 2.45) is 0 Å². The third kappa shape index (κ3) is 3.90. The molecule has 0 spiro atoms. The maximum Gasteiger partial charge on any atom is -0.000178 e. The van der Waals surface area contributed by atoms with Gasteiger partial charge in [-0.2, -0.15) is 0 Å². The van der Waals surface area contributed by atoms with Crippen LogP contribution in [0.25, 0.3) is 6.08 Å². The third-order valence-corrected chi connectivity index (χ3v) is 2.38. The lowest BCUT2D eigenvalue weighted by molar-refractivity contribution is 0.990. The predicted octanol–water partition coefficient (Wildman–Crippen LogP) is 3.92. The summed E-state index contributed by atoms with van der Waals surface area (Å²) in [6.45, 7) is 0. The van der Waals surface area contributed by atoms with E-state index in [2.05, 4.69) is 59.0 Å². The van der Waals surface area contributed by atoms with Gasteiger partial charge in [-0.3, -0.25) is 0 Å². The van der Waals surface area contributed by atoms with Gasteiger partial charge in [0, 0.05) is 0 Å². The van der Waals surface area contributed by atoms with Crippen LogP contribution in [0.1, 0.15) is 18.4 Å². The first-order valence-electron chi connectivity index (χ1n) is 4.21. The summed E-state index contributed by atoms with van der Waals surface area (Å²) in [4.78, 5) is 0. The minimum Gasteiger partial charge on any atom is -0.0864 e. The molecule has 64 valence electrons. The molecule has 0 nitrogen and oxygen atoms in total. The van der Waals surface area contributed by atoms with Gasteiger partial charge in [-0.15, -0.1) is 0 Å². The molecule has 0 unspecified atom stereocenters. The second-order valence-corrected chi connectivity index (χ2v) is 3.72. The van der Waals surface area contributed by atoms with Crippen molar-refractivity contribution in [1.29, 1.82) is 0 Å². The highest BCUT2D eigenvalue weighted by Gasteiger charge is 1.82. The molecule has 0 aliphatic rings. The van der Waals surface area contributed by atoms with E-state index in [1.54, 1.807) is 0 Å². The molecular formula is C11H13I. The quantitative estimate of drug-likeness (QED) is 0.443. The summed E-state index contributed by atoms with van der Waals surface area (Å²) < 4.78 is 1.25. The lowest BCUT2D eigenvalue weighted by Crippen LogP contribution is -1.71. The molecular weight excluding hydrogens is 259 g/mol. The molecule has 1 rings (SSSR count). The Morgan fingerprint density at radius 3 is 2.58 bits per heavy atom. The zero-order valence-corrected chi connectivity index (χ0v) is 9.20. The van der Waals surface area contributed by atoms with Gasteiger partial charge < -0.3 is 0 Å². The molecule has 0 radical (unpaired) electrons. The second kappa shape index (κ2) is 6.23. The van der Waals surface area contributed by atoms with E-state index < -0.39 is 0 Å². The first-order chi connectivity index (χ1) is 5.93. The molecule has 0 N–H and O–H groups in total. The Morgan fingerprint density at radius 2 is 1.92 bits per heavy atom. The van der Waals surface area contributed by atoms with Crippen LogP contribution in [-0.4, -0.2) is 4.43 Å². The topological polar surface area (TPSA) is 0 Å². The molecule has 1 aromatic rings. The molecule has 0 aromatic heterocycles. The van der Waals surface area contributed by atoms with Crippen molar-refractivity contribution in [3.63, 3.8) is 0 Å². The highest BCUT2D eigenvalue weighted by atomic mass is 127. The van der Waals surface area contributed by atoms with Crippen LogP contribution in [-0.2, 0) is 0 Å². The number of unbranched alkanes of at least 4 members (excludes halogenated alkanes) is 1. The fraction of sp³-hybridized carbons (Fsp3) is 0.273. The van der Waals surface area contributed by atoms with Crippen LogP contribution in [0.4, 0.5) is 0 Å². The SMILES string of the molecule is ICCC/C=C/c1ccccc1. The van der Waals surface area contributed by atoms with Crippen LogP contribution in [0, 0.1) is 0 Å². The number of hydrogen-bond donors (Lipinski definition) is 0. The summed E-state index contributed by atoms with van der Waals surface area (Å²) in [5.41, 5.74) is 1.30. The smallest absolute Gasteiger partial charge is 0.000178 e. The van der Waals surface area contributed by atoms with Crippen molar-refractivity contribution >= 4 is 28.7 Å². The molecule has 0 amide bonds. The van der Waals surface area contributed by atoms with Crippen LogP contribution in [0.3, 0.4) is 0 Å². The molecule has 0 fully saturated rings. The molecule has 0 atom stereocenters. The second-order valence-electron chi connectivity index (χ2n) is 2.64. The maximum atomic E-state index is 2.41. The fourth-order valence-electron chi connectivity index (χ4n) is 0.979. The lowest BCUT2D eigenvalue weighted by Gasteiger charge is -1.90. The third-order valence-electron chi connectivity index (χ3n) is 1.61. The zero-order valence-electron chi connectivity index (χ0n) is 7.04. The molecule has 0 saturated heterocycles. The predicted molar refractivity (Wildman–Crippen MR) is 63.6 cm³/mol. The molecule has 0 heterocycles. The molecule has 1 heteroatoms. The highest BCUT2D eigenvalue weighted by Crippen LogP contribution is 2.03. The van der Waals surface area contributed by atoms with Gasteiger partial charge in [0.05, 0.1) is 0 Å². The number of alkyl halides is 1. The van der Waals surface area contributed by atoms with Gasteiger partial charge in [-0.1, -0.05) is 65.1 Å². The van der Waals surface area contributed by atoms with Crippen molar-refractivity contribution in [1.82, 2.24) is 0 Å². The number of rotatable bonds is 4. The average molecular weight is 272 g/mol. The highest BCUT2D eigenvalue weighted by molar-refractivity contribution is 14.1. The molecule has 12 heavy (non-hydrogen) atoms. The number of benzene rings is 1. The van der Waals surface area contributed by atoms with Gasteiger partial charge in [-0.05, 0) is 22.8 Å². The van der Waals surface area contributed by atoms with E-state index in [0.717, 1.165) is 0 Å². The van der Waals surface area contributed by atoms with Crippen LogP contribution >= 0.6 is 22.6 Å². The van der Waals surface area contributed by atoms with E-state index in [1.165, 1.54) is 22.8 Å². The number of halogens is 1. The van der Waals surface area contributed by atoms with E-state index in [9.17, 15) is 0 Å². The van der Waals surface area contributed by atoms with Crippen molar-refractivity contribution in [2.75, 3.05) is 4.43 Å². The minimum atomic E-state index is 1.19. The van der Waals surface area contributed by atoms with E-state index >= 15 is 0 Å². The average Bonchev–Trinajstić information content (AvgIpc) is 2.14. The summed E-state index contributed by atoms with van der Waals surface area (Å²) in [5.74, 6) is 0. The van der Waals surface area contributed by atoms with Crippen molar-refractivity contribution in [2.45, 2.75) is 12.8 Å². The number of hydrogen-bond acceptors (Lipinski definition) is 0. The summed E-state index contributed by atoms with van der Waals surface area (Å²) in [6, 6.07) is 10.4. The normalized spacial score (nSPS) is 10.8. The Labute approximate surface area is 87.8 Å². The molecule has 0 saturated carbocycles. The van der Waals surface area contributed by atoms with Crippen molar-refractivity contribution < 1.29 is 0 Å². The van der Waals surface area contributed by atoms with Gasteiger partial charge in [0.15, 0.2) is 0 Å². The first kappa shape index (κ1) is 9.78. The summed E-state index contributed by atoms with van der Waals surface area (Å²) in [7, 11) is 0. The summed E-state index contributed by atoms with van der Waals surface area (Å²) in [5, 5.41) is 0. The first-order valence-corrected chi connectivity index (χ1v) is 5.73. The Balaban J connectivity index is 2.36. The monoisotopic (exact) mass is 272 g/mol. The van der Waals surface area contributed by atoms with E-state index in [0.29, 0.717) is 0 Å². The summed E-state index contributed by atoms with van der Waals surface area (Å²) >= 11 is 2.41. The van der Waals surface area contributed by atoms with E-state index in [-0.39, 0.29) is 0 Å². The van der Waals surface area contributed by atoms with Crippen LogP contribution in [0.2, 0.25) is 0 Å². The Bertz CT molecular complexity index is 226. The summed E-state index contributed by atoms with van der Waals surface area (Å²) in [6.07, 6.45) is 6.90. The Kier molecular flexibility index (Phi) is 5.08. The Morgan fingerprint density at radius 1 is 1.17 bits per heavy atom. The van der Waals surface area contributed by atoms with Crippen LogP contribution in [0.5, 0.6) is 0 Å². The van der Waals surface area contributed by atoms with E-state index in [4.69, 9.17) is 0 Å². The largest absolute Gasteiger partial charge is 0.0864 e. The lowest BCUT2D eigenvalue weighted by atomic mass is 10.2. The van der Waals surface area contributed by atoms with E-state index in [1.807, 2.05) is 6.07 Å².